The van der Waals surface area contributed by atoms with Crippen LogP contribution in [-0.2, 0) is 4.79 Å². The van der Waals surface area contributed by atoms with Crippen LogP contribution in [0, 0.1) is 6.92 Å². The molecule has 0 bridgehead atoms. The summed E-state index contributed by atoms with van der Waals surface area (Å²) < 4.78 is 0. The zero-order valence-electron chi connectivity index (χ0n) is 10.4. The summed E-state index contributed by atoms with van der Waals surface area (Å²) in [5.74, 6) is -0.589. The molecule has 2 heterocycles. The molecule has 1 atom stereocenters. The zero-order valence-corrected chi connectivity index (χ0v) is 10.4. The first kappa shape index (κ1) is 12.5. The number of carbonyl (C=O) groups excluding carboxylic acids is 2. The van der Waals surface area contributed by atoms with Gasteiger partial charge < -0.3 is 10.6 Å². The molecule has 5 nitrogen and oxygen atoms in total. The Morgan fingerprint density at radius 3 is 2.78 bits per heavy atom. The molecule has 5 heteroatoms. The van der Waals surface area contributed by atoms with Gasteiger partial charge in [0.05, 0.1) is 5.56 Å². The van der Waals surface area contributed by atoms with Crippen molar-refractivity contribution in [3.05, 3.63) is 29.6 Å². The highest BCUT2D eigenvalue weighted by molar-refractivity contribution is 5.97. The molecule has 0 radical (unpaired) electrons. The summed E-state index contributed by atoms with van der Waals surface area (Å²) in [4.78, 5) is 29.3. The van der Waals surface area contributed by atoms with Crippen LogP contribution in [-0.4, -0.2) is 34.3 Å². The van der Waals surface area contributed by atoms with Gasteiger partial charge in [0.25, 0.3) is 5.91 Å². The molecule has 1 aromatic heterocycles. The van der Waals surface area contributed by atoms with Crippen LogP contribution in [0.5, 0.6) is 0 Å². The summed E-state index contributed by atoms with van der Waals surface area (Å²) in [6, 6.07) is 3.04. The molecular formula is C13H17N3O2. The number of nitrogens with zero attached hydrogens (tertiary/aromatic N) is 2. The third-order valence-electron chi connectivity index (χ3n) is 3.25. The molecule has 18 heavy (non-hydrogen) atoms. The second-order valence-electron chi connectivity index (χ2n) is 4.60. The van der Waals surface area contributed by atoms with Crippen molar-refractivity contribution in [2.45, 2.75) is 32.2 Å². The summed E-state index contributed by atoms with van der Waals surface area (Å²) in [6.45, 7) is 2.45. The molecule has 96 valence electrons. The van der Waals surface area contributed by atoms with Crippen LogP contribution in [0.4, 0.5) is 0 Å². The first-order valence-corrected chi connectivity index (χ1v) is 6.12. The maximum atomic E-state index is 12.3. The normalized spacial score (nSPS) is 19.6. The average Bonchev–Trinajstić information content (AvgIpc) is 2.39. The largest absolute Gasteiger partial charge is 0.368 e. The number of primary amides is 1. The zero-order chi connectivity index (χ0) is 13.1. The third-order valence-corrected chi connectivity index (χ3v) is 3.25. The van der Waals surface area contributed by atoms with Gasteiger partial charge in [-0.2, -0.15) is 0 Å². The van der Waals surface area contributed by atoms with E-state index in [2.05, 4.69) is 4.98 Å². The molecule has 2 rings (SSSR count). The second kappa shape index (κ2) is 5.16. The van der Waals surface area contributed by atoms with E-state index in [1.54, 1.807) is 23.2 Å². The lowest BCUT2D eigenvalue weighted by Crippen LogP contribution is -2.50. The van der Waals surface area contributed by atoms with Gasteiger partial charge in [-0.05, 0) is 38.3 Å². The van der Waals surface area contributed by atoms with Gasteiger partial charge in [0.1, 0.15) is 6.04 Å². The fourth-order valence-electron chi connectivity index (χ4n) is 2.23. The molecule has 2 amide bonds. The lowest BCUT2D eigenvalue weighted by atomic mass is 10.0. The quantitative estimate of drug-likeness (QED) is 0.842. The summed E-state index contributed by atoms with van der Waals surface area (Å²) in [7, 11) is 0. The van der Waals surface area contributed by atoms with Gasteiger partial charge in [0, 0.05) is 18.4 Å². The minimum absolute atomic E-state index is 0.161. The van der Waals surface area contributed by atoms with Crippen LogP contribution in [0.1, 0.15) is 35.3 Å². The van der Waals surface area contributed by atoms with E-state index in [4.69, 9.17) is 5.73 Å². The van der Waals surface area contributed by atoms with Crippen molar-refractivity contribution in [2.75, 3.05) is 6.54 Å². The number of aryl methyl sites for hydroxylation is 1. The number of likely N-dealkylation sites (tertiary alicyclic amines) is 1. The summed E-state index contributed by atoms with van der Waals surface area (Å²) in [5.41, 5.74) is 6.72. The van der Waals surface area contributed by atoms with E-state index in [9.17, 15) is 9.59 Å². The minimum Gasteiger partial charge on any atom is -0.368 e. The highest BCUT2D eigenvalue weighted by Crippen LogP contribution is 2.19. The minimum atomic E-state index is -0.479. The van der Waals surface area contributed by atoms with E-state index in [1.165, 1.54) is 0 Å². The lowest BCUT2D eigenvalue weighted by Gasteiger charge is -2.33. The Kier molecular flexibility index (Phi) is 3.60. The molecule has 1 aromatic rings. The van der Waals surface area contributed by atoms with E-state index < -0.39 is 11.9 Å². The van der Waals surface area contributed by atoms with Crippen LogP contribution in [0.25, 0.3) is 0 Å². The van der Waals surface area contributed by atoms with Crippen molar-refractivity contribution in [2.24, 2.45) is 5.73 Å². The monoisotopic (exact) mass is 247 g/mol. The van der Waals surface area contributed by atoms with Crippen molar-refractivity contribution < 1.29 is 9.59 Å². The molecule has 0 spiro atoms. The number of carbonyl (C=O) groups is 2. The van der Waals surface area contributed by atoms with Gasteiger partial charge in [-0.1, -0.05) is 0 Å². The van der Waals surface area contributed by atoms with E-state index >= 15 is 0 Å². The number of hydrogen-bond acceptors (Lipinski definition) is 3. The molecule has 1 aliphatic heterocycles. The molecule has 0 aliphatic carbocycles. The van der Waals surface area contributed by atoms with Gasteiger partial charge in [-0.15, -0.1) is 0 Å². The predicted molar refractivity (Wildman–Crippen MR) is 66.8 cm³/mol. The predicted octanol–water partition coefficient (Wildman–Crippen LogP) is 0.870. The van der Waals surface area contributed by atoms with Crippen LogP contribution >= 0.6 is 0 Å². The molecule has 1 aliphatic rings. The highest BCUT2D eigenvalue weighted by atomic mass is 16.2. The molecule has 0 aromatic carbocycles. The molecule has 0 unspecified atom stereocenters. The summed E-state index contributed by atoms with van der Waals surface area (Å²) in [6.07, 6.45) is 4.04. The maximum Gasteiger partial charge on any atom is 0.256 e. The van der Waals surface area contributed by atoms with Crippen LogP contribution in [0.15, 0.2) is 18.3 Å². The number of pyridine rings is 1. The molecule has 0 saturated carbocycles. The Morgan fingerprint density at radius 2 is 2.17 bits per heavy atom. The molecule has 1 fully saturated rings. The van der Waals surface area contributed by atoms with Gasteiger partial charge in [-0.25, -0.2) is 0 Å². The number of hydrogen-bond donors (Lipinski definition) is 1. The Labute approximate surface area is 106 Å². The third kappa shape index (κ3) is 2.50. The Balaban J connectivity index is 2.20. The first-order valence-electron chi connectivity index (χ1n) is 6.12. The van der Waals surface area contributed by atoms with Gasteiger partial charge in [0.2, 0.25) is 5.91 Å². The van der Waals surface area contributed by atoms with Crippen LogP contribution in [0.3, 0.4) is 0 Å². The average molecular weight is 247 g/mol. The fourth-order valence-corrected chi connectivity index (χ4v) is 2.23. The number of piperidine rings is 1. The van der Waals surface area contributed by atoms with E-state index in [0.717, 1.165) is 18.5 Å². The number of aromatic nitrogens is 1. The van der Waals surface area contributed by atoms with E-state index in [0.29, 0.717) is 18.5 Å². The van der Waals surface area contributed by atoms with Crippen LogP contribution < -0.4 is 5.73 Å². The Morgan fingerprint density at radius 1 is 1.39 bits per heavy atom. The Hall–Kier alpha value is -1.91. The summed E-state index contributed by atoms with van der Waals surface area (Å²) in [5, 5.41) is 0. The van der Waals surface area contributed by atoms with Gasteiger partial charge >= 0.3 is 0 Å². The highest BCUT2D eigenvalue weighted by Gasteiger charge is 2.31. The topological polar surface area (TPSA) is 76.3 Å². The lowest BCUT2D eigenvalue weighted by molar-refractivity contribution is -0.123. The SMILES string of the molecule is Cc1ccc(C(=O)N2CCCC[C@H]2C(N)=O)cn1. The molecule has 1 saturated heterocycles. The molecular weight excluding hydrogens is 230 g/mol. The first-order chi connectivity index (χ1) is 8.59. The molecule has 2 N–H and O–H groups in total. The van der Waals surface area contributed by atoms with Crippen molar-refractivity contribution in [3.8, 4) is 0 Å². The maximum absolute atomic E-state index is 12.3. The van der Waals surface area contributed by atoms with E-state index in [-0.39, 0.29) is 5.91 Å². The van der Waals surface area contributed by atoms with Crippen molar-refractivity contribution in [1.29, 1.82) is 0 Å². The van der Waals surface area contributed by atoms with Crippen molar-refractivity contribution >= 4 is 11.8 Å². The number of amides is 2. The summed E-state index contributed by atoms with van der Waals surface area (Å²) >= 11 is 0. The van der Waals surface area contributed by atoms with E-state index in [1.807, 2.05) is 6.92 Å². The Bertz CT molecular complexity index is 456. The number of rotatable bonds is 2. The van der Waals surface area contributed by atoms with Crippen molar-refractivity contribution in [3.63, 3.8) is 0 Å². The standard InChI is InChI=1S/C13H17N3O2/c1-9-5-6-10(8-15-9)13(18)16-7-3-2-4-11(16)12(14)17/h5-6,8,11H,2-4,7H2,1H3,(H2,14,17)/t11-/m0/s1. The van der Waals surface area contributed by atoms with Gasteiger partial charge in [-0.3, -0.25) is 14.6 Å². The second-order valence-corrected chi connectivity index (χ2v) is 4.60. The smallest absolute Gasteiger partial charge is 0.256 e. The fraction of sp³-hybridized carbons (Fsp3) is 0.462. The van der Waals surface area contributed by atoms with Crippen LogP contribution in [0.2, 0.25) is 0 Å². The number of nitrogens with two attached hydrogens (primary N) is 1. The van der Waals surface area contributed by atoms with Crippen molar-refractivity contribution in [1.82, 2.24) is 9.88 Å². The van der Waals surface area contributed by atoms with Gasteiger partial charge in [0.15, 0.2) is 0 Å².